The average molecular weight is 348 g/mol. The van der Waals surface area contributed by atoms with Gasteiger partial charge in [0.2, 0.25) is 11.8 Å². The fourth-order valence-electron chi connectivity index (χ4n) is 3.36. The molecule has 1 fully saturated rings. The molecule has 0 bridgehead atoms. The standard InChI is InChI=1S/C21H20N2O3/c24-20(22-12-15-7-4-10-26-15)13-23-21(25)19-11-18(19)17-9-3-6-14-5-1-2-8-16(14)17/h1-10,18-19H,11-13H2,(H,22,24)(H,23,25). The summed E-state index contributed by atoms with van der Waals surface area (Å²) in [5.74, 6) is 0.571. The molecule has 1 aliphatic rings. The van der Waals surface area contributed by atoms with Gasteiger partial charge in [-0.3, -0.25) is 9.59 Å². The highest BCUT2D eigenvalue weighted by Crippen LogP contribution is 2.49. The Kier molecular flexibility index (Phi) is 4.44. The van der Waals surface area contributed by atoms with Crippen molar-refractivity contribution in [1.29, 1.82) is 0 Å². The molecule has 0 spiro atoms. The molecule has 2 atom stereocenters. The van der Waals surface area contributed by atoms with Crippen molar-refractivity contribution in [2.24, 2.45) is 5.92 Å². The van der Waals surface area contributed by atoms with E-state index in [2.05, 4.69) is 34.9 Å². The number of carbonyl (C=O) groups is 2. The van der Waals surface area contributed by atoms with Crippen LogP contribution in [0, 0.1) is 5.92 Å². The molecule has 2 aromatic carbocycles. The van der Waals surface area contributed by atoms with Crippen molar-refractivity contribution in [3.63, 3.8) is 0 Å². The van der Waals surface area contributed by atoms with Gasteiger partial charge in [0, 0.05) is 5.92 Å². The van der Waals surface area contributed by atoms with Crippen LogP contribution in [0.5, 0.6) is 0 Å². The number of nitrogens with one attached hydrogen (secondary N) is 2. The molecular formula is C21H20N2O3. The first kappa shape index (κ1) is 16.4. The lowest BCUT2D eigenvalue weighted by molar-refractivity contribution is -0.126. The Hall–Kier alpha value is -3.08. The van der Waals surface area contributed by atoms with Crippen LogP contribution < -0.4 is 10.6 Å². The van der Waals surface area contributed by atoms with E-state index in [0.29, 0.717) is 12.3 Å². The monoisotopic (exact) mass is 348 g/mol. The van der Waals surface area contributed by atoms with Crippen LogP contribution in [0.25, 0.3) is 10.8 Å². The summed E-state index contributed by atoms with van der Waals surface area (Å²) in [6, 6.07) is 18.0. The summed E-state index contributed by atoms with van der Waals surface area (Å²) in [7, 11) is 0. The first-order valence-corrected chi connectivity index (χ1v) is 8.77. The number of fused-ring (bicyclic) bond motifs is 1. The summed E-state index contributed by atoms with van der Waals surface area (Å²) in [5.41, 5.74) is 1.21. The van der Waals surface area contributed by atoms with Gasteiger partial charge in [-0.05, 0) is 40.8 Å². The number of hydrogen-bond acceptors (Lipinski definition) is 3. The van der Waals surface area contributed by atoms with Crippen molar-refractivity contribution >= 4 is 22.6 Å². The van der Waals surface area contributed by atoms with Crippen molar-refractivity contribution in [1.82, 2.24) is 10.6 Å². The number of benzene rings is 2. The molecule has 3 aromatic rings. The van der Waals surface area contributed by atoms with Gasteiger partial charge in [0.15, 0.2) is 0 Å². The predicted octanol–water partition coefficient (Wildman–Crippen LogP) is 2.97. The molecule has 132 valence electrons. The molecule has 2 unspecified atom stereocenters. The van der Waals surface area contributed by atoms with Gasteiger partial charge in [0.1, 0.15) is 5.76 Å². The largest absolute Gasteiger partial charge is 0.467 e. The van der Waals surface area contributed by atoms with E-state index in [0.717, 1.165) is 6.42 Å². The molecule has 0 aliphatic heterocycles. The molecular weight excluding hydrogens is 328 g/mol. The number of rotatable bonds is 6. The fourth-order valence-corrected chi connectivity index (χ4v) is 3.36. The van der Waals surface area contributed by atoms with Gasteiger partial charge in [-0.2, -0.15) is 0 Å². The van der Waals surface area contributed by atoms with Gasteiger partial charge in [0.25, 0.3) is 0 Å². The third kappa shape index (κ3) is 3.47. The highest BCUT2D eigenvalue weighted by atomic mass is 16.3. The topological polar surface area (TPSA) is 71.3 Å². The molecule has 2 N–H and O–H groups in total. The van der Waals surface area contributed by atoms with E-state index in [-0.39, 0.29) is 30.2 Å². The third-order valence-electron chi connectivity index (χ3n) is 4.81. The lowest BCUT2D eigenvalue weighted by Gasteiger charge is -2.07. The Balaban J connectivity index is 1.30. The van der Waals surface area contributed by atoms with Crippen LogP contribution in [0.4, 0.5) is 0 Å². The van der Waals surface area contributed by atoms with Gasteiger partial charge in [-0.15, -0.1) is 0 Å². The van der Waals surface area contributed by atoms with E-state index < -0.39 is 0 Å². The fraction of sp³-hybridized carbons (Fsp3) is 0.238. The minimum absolute atomic E-state index is 0.0156. The number of furan rings is 1. The van der Waals surface area contributed by atoms with E-state index in [1.807, 2.05) is 18.2 Å². The van der Waals surface area contributed by atoms with E-state index in [1.165, 1.54) is 16.3 Å². The van der Waals surface area contributed by atoms with Gasteiger partial charge < -0.3 is 15.1 Å². The van der Waals surface area contributed by atoms with Crippen LogP contribution in [0.15, 0.2) is 65.3 Å². The van der Waals surface area contributed by atoms with E-state index >= 15 is 0 Å². The van der Waals surface area contributed by atoms with Crippen LogP contribution in [0.1, 0.15) is 23.7 Å². The Morgan fingerprint density at radius 1 is 1.00 bits per heavy atom. The molecule has 2 amide bonds. The SMILES string of the molecule is O=C(CNC(=O)C1CC1c1cccc2ccccc12)NCc1ccco1. The van der Waals surface area contributed by atoms with Gasteiger partial charge in [0.05, 0.1) is 19.4 Å². The molecule has 1 aromatic heterocycles. The Morgan fingerprint density at radius 3 is 2.69 bits per heavy atom. The first-order valence-electron chi connectivity index (χ1n) is 8.77. The van der Waals surface area contributed by atoms with Crippen molar-refractivity contribution in [3.8, 4) is 0 Å². The second kappa shape index (κ2) is 7.04. The molecule has 0 saturated heterocycles. The second-order valence-electron chi connectivity index (χ2n) is 6.59. The zero-order chi connectivity index (χ0) is 17.9. The predicted molar refractivity (Wildman–Crippen MR) is 98.4 cm³/mol. The molecule has 26 heavy (non-hydrogen) atoms. The normalized spacial score (nSPS) is 18.5. The maximum atomic E-state index is 12.4. The van der Waals surface area contributed by atoms with Crippen molar-refractivity contribution in [2.75, 3.05) is 6.54 Å². The summed E-state index contributed by atoms with van der Waals surface area (Å²) >= 11 is 0. The molecule has 1 aliphatic carbocycles. The summed E-state index contributed by atoms with van der Waals surface area (Å²) in [5, 5.41) is 7.85. The van der Waals surface area contributed by atoms with Crippen LogP contribution in [0.3, 0.4) is 0 Å². The number of carbonyl (C=O) groups excluding carboxylic acids is 2. The van der Waals surface area contributed by atoms with Crippen LogP contribution >= 0.6 is 0 Å². The van der Waals surface area contributed by atoms with E-state index in [4.69, 9.17) is 4.42 Å². The Labute approximate surface area is 151 Å². The first-order chi connectivity index (χ1) is 12.7. The number of amides is 2. The van der Waals surface area contributed by atoms with Crippen LogP contribution in [-0.4, -0.2) is 18.4 Å². The molecule has 1 heterocycles. The summed E-state index contributed by atoms with van der Waals surface area (Å²) in [4.78, 5) is 24.2. The zero-order valence-corrected chi connectivity index (χ0v) is 14.3. The second-order valence-corrected chi connectivity index (χ2v) is 6.59. The highest BCUT2D eigenvalue weighted by Gasteiger charge is 2.44. The maximum absolute atomic E-state index is 12.4. The molecule has 5 nitrogen and oxygen atoms in total. The maximum Gasteiger partial charge on any atom is 0.239 e. The third-order valence-corrected chi connectivity index (χ3v) is 4.81. The van der Waals surface area contributed by atoms with E-state index in [1.54, 1.807) is 18.4 Å². The molecule has 0 radical (unpaired) electrons. The molecule has 4 rings (SSSR count). The lowest BCUT2D eigenvalue weighted by atomic mass is 10.00. The van der Waals surface area contributed by atoms with Crippen LogP contribution in [-0.2, 0) is 16.1 Å². The van der Waals surface area contributed by atoms with E-state index in [9.17, 15) is 9.59 Å². The Morgan fingerprint density at radius 2 is 1.85 bits per heavy atom. The van der Waals surface area contributed by atoms with Gasteiger partial charge >= 0.3 is 0 Å². The number of hydrogen-bond donors (Lipinski definition) is 2. The van der Waals surface area contributed by atoms with Crippen molar-refractivity contribution < 1.29 is 14.0 Å². The smallest absolute Gasteiger partial charge is 0.239 e. The minimum atomic E-state index is -0.225. The van der Waals surface area contributed by atoms with Gasteiger partial charge in [-0.1, -0.05) is 42.5 Å². The summed E-state index contributed by atoms with van der Waals surface area (Å²) < 4.78 is 5.15. The summed E-state index contributed by atoms with van der Waals surface area (Å²) in [6.45, 7) is 0.308. The lowest BCUT2D eigenvalue weighted by Crippen LogP contribution is -2.37. The van der Waals surface area contributed by atoms with Crippen molar-refractivity contribution in [3.05, 3.63) is 72.2 Å². The zero-order valence-electron chi connectivity index (χ0n) is 14.3. The minimum Gasteiger partial charge on any atom is -0.467 e. The quantitative estimate of drug-likeness (QED) is 0.719. The van der Waals surface area contributed by atoms with Crippen LogP contribution in [0.2, 0.25) is 0 Å². The summed E-state index contributed by atoms with van der Waals surface area (Å²) in [6.07, 6.45) is 2.39. The van der Waals surface area contributed by atoms with Gasteiger partial charge in [-0.25, -0.2) is 0 Å². The average Bonchev–Trinajstić information content (AvgIpc) is 3.30. The highest BCUT2D eigenvalue weighted by molar-refractivity contribution is 5.91. The Bertz CT molecular complexity index is 928. The van der Waals surface area contributed by atoms with Crippen molar-refractivity contribution in [2.45, 2.75) is 18.9 Å². The molecule has 5 heteroatoms. The molecule has 1 saturated carbocycles.